The second kappa shape index (κ2) is 12.2. The molecule has 2 aromatic carbocycles. The molecule has 0 saturated heterocycles. The summed E-state index contributed by atoms with van der Waals surface area (Å²) in [6.45, 7) is 2.50. The Morgan fingerprint density at radius 3 is 2.75 bits per heavy atom. The van der Waals surface area contributed by atoms with Gasteiger partial charge in [0.25, 0.3) is 5.91 Å². The lowest BCUT2D eigenvalue weighted by Gasteiger charge is -2.11. The number of phenolic OH excluding ortho intramolecular Hbond substituents is 1. The van der Waals surface area contributed by atoms with Gasteiger partial charge in [0.15, 0.2) is 11.0 Å². The predicted molar refractivity (Wildman–Crippen MR) is 146 cm³/mol. The summed E-state index contributed by atoms with van der Waals surface area (Å²) >= 11 is 7.84. The van der Waals surface area contributed by atoms with Crippen molar-refractivity contribution in [3.05, 3.63) is 75.4 Å². The van der Waals surface area contributed by atoms with Crippen LogP contribution in [0.15, 0.2) is 80.1 Å². The lowest BCUT2D eigenvalue weighted by molar-refractivity contribution is -0.118. The highest BCUT2D eigenvalue weighted by Gasteiger charge is 2.17. The molecule has 0 aliphatic carbocycles. The molecule has 2 aromatic heterocycles. The summed E-state index contributed by atoms with van der Waals surface area (Å²) < 4.78 is 8.69. The van der Waals surface area contributed by atoms with E-state index < -0.39 is 0 Å². The number of carbonyl (C=O) groups is 1. The predicted octanol–water partition coefficient (Wildman–Crippen LogP) is 5.20. The SMILES string of the molecule is CCOc1ccc(-n2c(SCC(=O)NN=Cc3cc(Br)cc(Br)c3O)nnc2-c2cccnc2)cc1. The molecule has 4 aromatic rings. The van der Waals surface area contributed by atoms with E-state index >= 15 is 0 Å². The lowest BCUT2D eigenvalue weighted by atomic mass is 10.2. The minimum Gasteiger partial charge on any atom is -0.506 e. The number of aromatic hydroxyl groups is 1. The van der Waals surface area contributed by atoms with Gasteiger partial charge in [-0.25, -0.2) is 5.43 Å². The lowest BCUT2D eigenvalue weighted by Crippen LogP contribution is -2.20. The molecular formula is C24H20Br2N6O3S. The van der Waals surface area contributed by atoms with Crippen LogP contribution in [0.1, 0.15) is 12.5 Å². The second-order valence-corrected chi connectivity index (χ2v) is 9.93. The average Bonchev–Trinajstić information content (AvgIpc) is 3.31. The molecule has 0 radical (unpaired) electrons. The molecule has 0 aliphatic rings. The fourth-order valence-corrected chi connectivity index (χ4v) is 5.16. The number of hydrogen-bond acceptors (Lipinski definition) is 8. The van der Waals surface area contributed by atoms with Gasteiger partial charge in [-0.15, -0.1) is 10.2 Å². The van der Waals surface area contributed by atoms with Gasteiger partial charge in [0.2, 0.25) is 0 Å². The van der Waals surface area contributed by atoms with Crippen LogP contribution in [0.25, 0.3) is 17.1 Å². The fraction of sp³-hybridized carbons (Fsp3) is 0.125. The first kappa shape index (κ1) is 25.9. The topological polar surface area (TPSA) is 115 Å². The van der Waals surface area contributed by atoms with E-state index in [1.807, 2.05) is 47.9 Å². The Balaban J connectivity index is 1.51. The number of phenols is 1. The first-order chi connectivity index (χ1) is 17.5. The molecule has 1 amide bonds. The number of nitrogens with one attached hydrogen (secondary N) is 1. The van der Waals surface area contributed by atoms with Gasteiger partial charge in [0.1, 0.15) is 11.5 Å². The maximum Gasteiger partial charge on any atom is 0.250 e. The van der Waals surface area contributed by atoms with Gasteiger partial charge >= 0.3 is 0 Å². The summed E-state index contributed by atoms with van der Waals surface area (Å²) in [7, 11) is 0. The van der Waals surface area contributed by atoms with Gasteiger partial charge in [-0.2, -0.15) is 5.10 Å². The number of hydrazone groups is 1. The van der Waals surface area contributed by atoms with Crippen LogP contribution < -0.4 is 10.2 Å². The molecule has 2 N–H and O–H groups in total. The summed E-state index contributed by atoms with van der Waals surface area (Å²) in [6.07, 6.45) is 4.77. The number of nitrogens with zero attached hydrogens (tertiary/aromatic N) is 5. The van der Waals surface area contributed by atoms with E-state index in [2.05, 4.69) is 57.6 Å². The van der Waals surface area contributed by atoms with Gasteiger partial charge in [-0.05, 0) is 71.4 Å². The number of benzene rings is 2. The van der Waals surface area contributed by atoms with Gasteiger partial charge in [-0.1, -0.05) is 27.7 Å². The highest BCUT2D eigenvalue weighted by atomic mass is 79.9. The van der Waals surface area contributed by atoms with Crippen molar-refractivity contribution >= 4 is 55.7 Å². The number of rotatable bonds is 9. The standard InChI is InChI=1S/C24H20Br2N6O3S/c1-2-35-19-7-5-18(6-8-19)32-23(15-4-3-9-27-12-15)30-31-24(32)36-14-21(33)29-28-13-16-10-17(25)11-20(26)22(16)34/h3-13,34H,2,14H2,1H3,(H,29,33). The van der Waals surface area contributed by atoms with Gasteiger partial charge in [0.05, 0.1) is 23.0 Å². The molecule has 0 fully saturated rings. The Morgan fingerprint density at radius 1 is 1.22 bits per heavy atom. The monoisotopic (exact) mass is 630 g/mol. The zero-order valence-electron chi connectivity index (χ0n) is 18.9. The molecule has 2 heterocycles. The van der Waals surface area contributed by atoms with Crippen LogP contribution in [0, 0.1) is 0 Å². The molecule has 0 saturated carbocycles. The zero-order valence-corrected chi connectivity index (χ0v) is 22.9. The van der Waals surface area contributed by atoms with Crippen molar-refractivity contribution in [1.29, 1.82) is 0 Å². The van der Waals surface area contributed by atoms with Crippen molar-refractivity contribution in [2.75, 3.05) is 12.4 Å². The van der Waals surface area contributed by atoms with Crippen LogP contribution in [0.4, 0.5) is 0 Å². The number of aromatic nitrogens is 4. The summed E-state index contributed by atoms with van der Waals surface area (Å²) in [5, 5.41) is 23.3. The van der Waals surface area contributed by atoms with Crippen LogP contribution in [0.5, 0.6) is 11.5 Å². The second-order valence-electron chi connectivity index (χ2n) is 7.22. The van der Waals surface area contributed by atoms with E-state index in [1.165, 1.54) is 18.0 Å². The van der Waals surface area contributed by atoms with Crippen molar-refractivity contribution < 1.29 is 14.6 Å². The van der Waals surface area contributed by atoms with Gasteiger partial charge < -0.3 is 9.84 Å². The molecule has 0 aliphatic heterocycles. The molecule has 36 heavy (non-hydrogen) atoms. The maximum atomic E-state index is 12.5. The van der Waals surface area contributed by atoms with E-state index in [0.29, 0.717) is 27.6 Å². The zero-order chi connectivity index (χ0) is 25.5. The molecule has 0 unspecified atom stereocenters. The number of carbonyl (C=O) groups excluding carboxylic acids is 1. The molecule has 0 atom stereocenters. The molecule has 4 rings (SSSR count). The number of thioether (sulfide) groups is 1. The summed E-state index contributed by atoms with van der Waals surface area (Å²) in [4.78, 5) is 16.6. The van der Waals surface area contributed by atoms with Crippen molar-refractivity contribution in [2.24, 2.45) is 5.10 Å². The van der Waals surface area contributed by atoms with E-state index in [1.54, 1.807) is 24.5 Å². The van der Waals surface area contributed by atoms with Crippen LogP contribution in [0.2, 0.25) is 0 Å². The Bertz CT molecular complexity index is 1380. The molecule has 12 heteroatoms. The first-order valence-corrected chi connectivity index (χ1v) is 13.2. The number of halogens is 2. The van der Waals surface area contributed by atoms with E-state index in [4.69, 9.17) is 4.74 Å². The Kier molecular flexibility index (Phi) is 8.73. The quantitative estimate of drug-likeness (QED) is 0.148. The van der Waals surface area contributed by atoms with E-state index in [0.717, 1.165) is 21.5 Å². The third kappa shape index (κ3) is 6.31. The highest BCUT2D eigenvalue weighted by molar-refractivity contribution is 9.11. The van der Waals surface area contributed by atoms with E-state index in [9.17, 15) is 9.90 Å². The van der Waals surface area contributed by atoms with Crippen LogP contribution >= 0.6 is 43.6 Å². The molecule has 0 bridgehead atoms. The van der Waals surface area contributed by atoms with Crippen LogP contribution in [-0.2, 0) is 4.79 Å². The third-order valence-electron chi connectivity index (χ3n) is 4.74. The van der Waals surface area contributed by atoms with Gasteiger partial charge in [0, 0.05) is 33.7 Å². The van der Waals surface area contributed by atoms with Gasteiger partial charge in [-0.3, -0.25) is 14.3 Å². The summed E-state index contributed by atoms with van der Waals surface area (Å²) in [6, 6.07) is 14.7. The number of pyridine rings is 1. The Labute approximate surface area is 228 Å². The van der Waals surface area contributed by atoms with Crippen LogP contribution in [0.3, 0.4) is 0 Å². The minimum atomic E-state index is -0.339. The first-order valence-electron chi connectivity index (χ1n) is 10.7. The van der Waals surface area contributed by atoms with Crippen molar-refractivity contribution in [1.82, 2.24) is 25.2 Å². The minimum absolute atomic E-state index is 0.0250. The van der Waals surface area contributed by atoms with E-state index in [-0.39, 0.29) is 17.4 Å². The number of hydrogen-bond donors (Lipinski definition) is 2. The summed E-state index contributed by atoms with van der Waals surface area (Å²) in [5.74, 6) is 1.09. The average molecular weight is 632 g/mol. The Hall–Kier alpha value is -3.22. The summed E-state index contributed by atoms with van der Waals surface area (Å²) in [5.41, 5.74) is 4.53. The molecule has 9 nitrogen and oxygen atoms in total. The fourth-order valence-electron chi connectivity index (χ4n) is 3.16. The number of ether oxygens (including phenoxy) is 1. The normalized spacial score (nSPS) is 11.1. The third-order valence-corrected chi connectivity index (χ3v) is 6.73. The Morgan fingerprint density at radius 2 is 2.03 bits per heavy atom. The maximum absolute atomic E-state index is 12.5. The van der Waals surface area contributed by atoms with Crippen molar-refractivity contribution in [3.63, 3.8) is 0 Å². The van der Waals surface area contributed by atoms with Crippen LogP contribution in [-0.4, -0.2) is 49.3 Å². The highest BCUT2D eigenvalue weighted by Crippen LogP contribution is 2.31. The number of amides is 1. The molecule has 0 spiro atoms. The van der Waals surface area contributed by atoms with Crippen molar-refractivity contribution in [2.45, 2.75) is 12.1 Å². The largest absolute Gasteiger partial charge is 0.506 e. The smallest absolute Gasteiger partial charge is 0.250 e. The molecular weight excluding hydrogens is 612 g/mol. The van der Waals surface area contributed by atoms with Crippen molar-refractivity contribution in [3.8, 4) is 28.6 Å². The molecule has 184 valence electrons.